The van der Waals surface area contributed by atoms with Gasteiger partial charge in [0.15, 0.2) is 5.65 Å². The molecule has 0 bridgehead atoms. The second kappa shape index (κ2) is 7.67. The molecule has 1 aromatic carbocycles. The SMILES string of the molecule is O=c1cc(-c2ccc(Nc3ccc(N4CCC(F)CC4)cc3)c3nccn23)cc[nH]1. The number of imidazole rings is 1. The summed E-state index contributed by atoms with van der Waals surface area (Å²) in [5.41, 5.74) is 5.30. The zero-order chi connectivity index (χ0) is 20.5. The fraction of sp³-hybridized carbons (Fsp3) is 0.217. The van der Waals surface area contributed by atoms with Crippen LogP contribution < -0.4 is 15.8 Å². The van der Waals surface area contributed by atoms with Crippen LogP contribution in [-0.2, 0) is 0 Å². The molecular weight excluding hydrogens is 381 g/mol. The molecule has 4 aromatic rings. The largest absolute Gasteiger partial charge is 0.371 e. The molecule has 4 heterocycles. The molecular formula is C23H22FN5O. The number of aromatic nitrogens is 3. The molecule has 1 saturated heterocycles. The van der Waals surface area contributed by atoms with Crippen molar-refractivity contribution in [3.63, 3.8) is 0 Å². The lowest BCUT2D eigenvalue weighted by Crippen LogP contribution is -2.34. The second-order valence-electron chi connectivity index (χ2n) is 7.53. The summed E-state index contributed by atoms with van der Waals surface area (Å²) >= 11 is 0. The molecule has 7 heteroatoms. The van der Waals surface area contributed by atoms with Crippen LogP contribution in [0.3, 0.4) is 0 Å². The molecule has 30 heavy (non-hydrogen) atoms. The van der Waals surface area contributed by atoms with Crippen molar-refractivity contribution < 1.29 is 4.39 Å². The van der Waals surface area contributed by atoms with Crippen LogP contribution in [0, 0.1) is 0 Å². The van der Waals surface area contributed by atoms with Gasteiger partial charge in [-0.2, -0.15) is 0 Å². The number of H-pyrrole nitrogens is 1. The number of benzene rings is 1. The van der Waals surface area contributed by atoms with E-state index in [0.717, 1.165) is 47.1 Å². The van der Waals surface area contributed by atoms with E-state index in [9.17, 15) is 9.18 Å². The van der Waals surface area contributed by atoms with Gasteiger partial charge in [-0.3, -0.25) is 9.20 Å². The molecule has 3 aromatic heterocycles. The smallest absolute Gasteiger partial charge is 0.248 e. The molecule has 152 valence electrons. The minimum Gasteiger partial charge on any atom is -0.371 e. The van der Waals surface area contributed by atoms with Crippen molar-refractivity contribution in [1.82, 2.24) is 14.4 Å². The number of piperidine rings is 1. The van der Waals surface area contributed by atoms with E-state index in [1.807, 2.05) is 40.9 Å². The minimum atomic E-state index is -0.670. The molecule has 0 spiro atoms. The lowest BCUT2D eigenvalue weighted by molar-refractivity contribution is 0.277. The summed E-state index contributed by atoms with van der Waals surface area (Å²) in [4.78, 5) is 21.0. The quantitative estimate of drug-likeness (QED) is 0.531. The Balaban J connectivity index is 1.40. The molecule has 2 N–H and O–H groups in total. The third-order valence-corrected chi connectivity index (χ3v) is 5.56. The Hall–Kier alpha value is -3.61. The Morgan fingerprint density at radius 2 is 1.87 bits per heavy atom. The van der Waals surface area contributed by atoms with Crippen molar-refractivity contribution in [3.8, 4) is 11.3 Å². The van der Waals surface area contributed by atoms with Crippen LogP contribution >= 0.6 is 0 Å². The number of aromatic amines is 1. The van der Waals surface area contributed by atoms with Gasteiger partial charge in [0.25, 0.3) is 0 Å². The van der Waals surface area contributed by atoms with Gasteiger partial charge in [-0.15, -0.1) is 0 Å². The van der Waals surface area contributed by atoms with Crippen LogP contribution in [-0.4, -0.2) is 33.6 Å². The Morgan fingerprint density at radius 3 is 2.63 bits per heavy atom. The van der Waals surface area contributed by atoms with Crippen LogP contribution in [0.25, 0.3) is 16.9 Å². The second-order valence-corrected chi connectivity index (χ2v) is 7.53. The van der Waals surface area contributed by atoms with Gasteiger partial charge in [-0.1, -0.05) is 0 Å². The van der Waals surface area contributed by atoms with Gasteiger partial charge in [0.05, 0.1) is 11.4 Å². The molecule has 1 aliphatic rings. The zero-order valence-electron chi connectivity index (χ0n) is 16.4. The lowest BCUT2D eigenvalue weighted by atomic mass is 10.1. The highest BCUT2D eigenvalue weighted by Gasteiger charge is 2.18. The number of fused-ring (bicyclic) bond motifs is 1. The van der Waals surface area contributed by atoms with Crippen LogP contribution in [0.2, 0.25) is 0 Å². The Bertz CT molecular complexity index is 1220. The first kappa shape index (κ1) is 18.4. The van der Waals surface area contributed by atoms with Crippen LogP contribution in [0.4, 0.5) is 21.5 Å². The van der Waals surface area contributed by atoms with Gasteiger partial charge in [-0.05, 0) is 55.3 Å². The third kappa shape index (κ3) is 3.54. The van der Waals surface area contributed by atoms with Crippen molar-refractivity contribution in [3.05, 3.63) is 77.5 Å². The van der Waals surface area contributed by atoms with Gasteiger partial charge >= 0.3 is 0 Å². The van der Waals surface area contributed by atoms with E-state index < -0.39 is 6.17 Å². The molecule has 0 unspecified atom stereocenters. The molecule has 0 atom stereocenters. The Labute approximate surface area is 173 Å². The molecule has 5 rings (SSSR count). The summed E-state index contributed by atoms with van der Waals surface area (Å²) in [6.45, 7) is 1.51. The Morgan fingerprint density at radius 1 is 1.07 bits per heavy atom. The first-order chi connectivity index (χ1) is 14.7. The average molecular weight is 403 g/mol. The van der Waals surface area contributed by atoms with E-state index in [0.29, 0.717) is 12.8 Å². The highest BCUT2D eigenvalue weighted by molar-refractivity contribution is 5.78. The summed E-state index contributed by atoms with van der Waals surface area (Å²) in [6, 6.07) is 15.6. The van der Waals surface area contributed by atoms with Gasteiger partial charge in [0.2, 0.25) is 5.56 Å². The third-order valence-electron chi connectivity index (χ3n) is 5.56. The van der Waals surface area contributed by atoms with E-state index in [2.05, 4.69) is 32.3 Å². The molecule has 1 aliphatic heterocycles. The van der Waals surface area contributed by atoms with Crippen molar-refractivity contribution >= 4 is 22.7 Å². The van der Waals surface area contributed by atoms with E-state index >= 15 is 0 Å². The Kier molecular flexibility index (Phi) is 4.71. The summed E-state index contributed by atoms with van der Waals surface area (Å²) < 4.78 is 15.3. The number of nitrogens with one attached hydrogen (secondary N) is 2. The standard InChI is InChI=1S/C23H22FN5O/c24-17-8-12-28(13-9-17)19-3-1-18(2-4-19)27-20-5-6-21(29-14-11-26-23(20)29)16-7-10-25-22(30)15-16/h1-7,10-11,14-15,17,27H,8-9,12-13H2,(H,25,30). The number of nitrogens with zero attached hydrogens (tertiary/aromatic N) is 3. The summed E-state index contributed by atoms with van der Waals surface area (Å²) in [5.74, 6) is 0. The monoisotopic (exact) mass is 403 g/mol. The van der Waals surface area contributed by atoms with Gasteiger partial charge < -0.3 is 15.2 Å². The predicted octanol–water partition coefficient (Wildman–Crippen LogP) is 4.37. The first-order valence-corrected chi connectivity index (χ1v) is 10.1. The fourth-order valence-electron chi connectivity index (χ4n) is 3.97. The van der Waals surface area contributed by atoms with Gasteiger partial charge in [-0.25, -0.2) is 9.37 Å². The van der Waals surface area contributed by atoms with Gasteiger partial charge in [0.1, 0.15) is 6.17 Å². The maximum atomic E-state index is 13.4. The van der Waals surface area contributed by atoms with E-state index in [4.69, 9.17) is 0 Å². The van der Waals surface area contributed by atoms with Crippen LogP contribution in [0.5, 0.6) is 0 Å². The molecule has 6 nitrogen and oxygen atoms in total. The topological polar surface area (TPSA) is 65.4 Å². The van der Waals surface area contributed by atoms with Gasteiger partial charge in [0, 0.05) is 54.7 Å². The van der Waals surface area contributed by atoms with E-state index in [1.54, 1.807) is 18.5 Å². The number of alkyl halides is 1. The van der Waals surface area contributed by atoms with Crippen molar-refractivity contribution in [1.29, 1.82) is 0 Å². The average Bonchev–Trinajstić information content (AvgIpc) is 3.26. The number of halogens is 1. The van der Waals surface area contributed by atoms with Crippen molar-refractivity contribution in [2.24, 2.45) is 0 Å². The van der Waals surface area contributed by atoms with Crippen molar-refractivity contribution in [2.75, 3.05) is 23.3 Å². The predicted molar refractivity (Wildman–Crippen MR) is 117 cm³/mol. The van der Waals surface area contributed by atoms with Crippen LogP contribution in [0.1, 0.15) is 12.8 Å². The summed E-state index contributed by atoms with van der Waals surface area (Å²) in [7, 11) is 0. The number of anilines is 3. The summed E-state index contributed by atoms with van der Waals surface area (Å²) in [6.07, 6.45) is 5.79. The zero-order valence-corrected chi connectivity index (χ0v) is 16.4. The summed E-state index contributed by atoms with van der Waals surface area (Å²) in [5, 5.41) is 3.43. The first-order valence-electron chi connectivity index (χ1n) is 10.1. The molecule has 0 amide bonds. The maximum Gasteiger partial charge on any atom is 0.248 e. The number of hydrogen-bond donors (Lipinski definition) is 2. The molecule has 1 fully saturated rings. The molecule has 0 radical (unpaired) electrons. The normalized spacial score (nSPS) is 14.9. The maximum absolute atomic E-state index is 13.4. The minimum absolute atomic E-state index is 0.140. The lowest BCUT2D eigenvalue weighted by Gasteiger charge is -2.30. The molecule has 0 saturated carbocycles. The number of rotatable bonds is 4. The van der Waals surface area contributed by atoms with Crippen molar-refractivity contribution in [2.45, 2.75) is 19.0 Å². The fourth-order valence-corrected chi connectivity index (χ4v) is 3.97. The molecule has 0 aliphatic carbocycles. The highest BCUT2D eigenvalue weighted by Crippen LogP contribution is 2.28. The number of pyridine rings is 2. The van der Waals surface area contributed by atoms with E-state index in [-0.39, 0.29) is 5.56 Å². The van der Waals surface area contributed by atoms with Crippen LogP contribution in [0.15, 0.2) is 71.9 Å². The highest BCUT2D eigenvalue weighted by atomic mass is 19.1. The number of hydrogen-bond acceptors (Lipinski definition) is 4. The van der Waals surface area contributed by atoms with E-state index in [1.165, 1.54) is 0 Å².